The number of hydrogen-bond acceptors (Lipinski definition) is 13. The van der Waals surface area contributed by atoms with Gasteiger partial charge >= 0.3 is 0 Å². The number of halogens is 3. The first-order chi connectivity index (χ1) is 32.1. The van der Waals surface area contributed by atoms with Crippen molar-refractivity contribution < 1.29 is 18.4 Å². The fourth-order valence-corrected chi connectivity index (χ4v) is 11.0. The van der Waals surface area contributed by atoms with Gasteiger partial charge < -0.3 is 47.9 Å². The molecule has 0 radical (unpaired) electrons. The highest BCUT2D eigenvalue weighted by atomic mass is 35.5. The molecule has 2 saturated heterocycles. The SMILES string of the molecule is Cc1cc(N)ccc1C1CCN(C)CC1.Cc1cc(Nc2ncc(F)c(NC3[C@@H](C(N)=O)[C@@H]4C=C[C@H]3C4)n2)ccc1N1CCN(C)CC1.NC(=O)[C@@H]1C(Nc2nc(Cl)ncc2F)[C@H]2C=C[C@@H]1C2. The monoisotopic (exact) mass is 937 g/mol. The number of nitrogen functional groups attached to an aromatic ring is 1. The average Bonchev–Trinajstić information content (AvgIpc) is 4.11. The minimum Gasteiger partial charge on any atom is -0.399 e. The number of fused-ring (bicyclic) bond motifs is 4. The van der Waals surface area contributed by atoms with Gasteiger partial charge in [0.15, 0.2) is 23.3 Å². The van der Waals surface area contributed by atoms with Gasteiger partial charge in [0.2, 0.25) is 23.0 Å². The maximum atomic E-state index is 14.5. The van der Waals surface area contributed by atoms with Gasteiger partial charge in [-0.3, -0.25) is 9.59 Å². The number of likely N-dealkylation sites (tertiary alicyclic amines) is 1. The quantitative estimate of drug-likeness (QED) is 0.0591. The number of primary amides is 2. The van der Waals surface area contributed by atoms with E-state index in [0.29, 0.717) is 5.95 Å². The number of carbonyl (C=O) groups excluding carboxylic acids is 2. The molecule has 6 aliphatic rings. The van der Waals surface area contributed by atoms with E-state index in [-0.39, 0.29) is 76.3 Å². The second-order valence-electron chi connectivity index (χ2n) is 18.9. The van der Waals surface area contributed by atoms with Crippen molar-refractivity contribution in [3.8, 4) is 0 Å². The minimum absolute atomic E-state index is 0.0113. The summed E-state index contributed by atoms with van der Waals surface area (Å²) in [5.41, 5.74) is 23.8. The van der Waals surface area contributed by atoms with Gasteiger partial charge in [0.05, 0.1) is 24.2 Å². The summed E-state index contributed by atoms with van der Waals surface area (Å²) in [6.45, 7) is 10.8. The number of nitrogens with one attached hydrogen (secondary N) is 3. The Labute approximate surface area is 396 Å². The Morgan fingerprint density at radius 2 is 1.25 bits per heavy atom. The molecule has 2 aliphatic heterocycles. The van der Waals surface area contributed by atoms with E-state index in [4.69, 9.17) is 28.8 Å². The number of hydrogen-bond donors (Lipinski definition) is 6. The number of likely N-dealkylation sites (N-methyl/N-ethyl adjacent to an activating group) is 1. The maximum absolute atomic E-state index is 14.5. The summed E-state index contributed by atoms with van der Waals surface area (Å²) in [7, 11) is 4.34. The van der Waals surface area contributed by atoms with Crippen LogP contribution >= 0.6 is 11.6 Å². The fourth-order valence-electron chi connectivity index (χ4n) is 10.8. The molecule has 0 spiro atoms. The molecule has 2 amide bonds. The lowest BCUT2D eigenvalue weighted by Gasteiger charge is -2.35. The second kappa shape index (κ2) is 20.5. The highest BCUT2D eigenvalue weighted by Crippen LogP contribution is 2.46. The molecule has 2 unspecified atom stereocenters. The number of allylic oxidation sites excluding steroid dienone is 2. The van der Waals surface area contributed by atoms with Crippen molar-refractivity contribution in [1.29, 1.82) is 0 Å². The van der Waals surface area contributed by atoms with Crippen LogP contribution in [0.2, 0.25) is 5.28 Å². The van der Waals surface area contributed by atoms with E-state index >= 15 is 0 Å². The van der Waals surface area contributed by atoms with Gasteiger partial charge in [-0.2, -0.15) is 9.97 Å². The van der Waals surface area contributed by atoms with Crippen LogP contribution in [-0.2, 0) is 9.59 Å². The van der Waals surface area contributed by atoms with E-state index in [1.54, 1.807) is 0 Å². The van der Waals surface area contributed by atoms with Gasteiger partial charge in [-0.15, -0.1) is 0 Å². The Kier molecular flexibility index (Phi) is 14.6. The Hall–Kier alpha value is -5.91. The van der Waals surface area contributed by atoms with Crippen LogP contribution in [-0.4, -0.2) is 107 Å². The fraction of sp³-hybridized carbons (Fsp3) is 0.469. The van der Waals surface area contributed by atoms with E-state index < -0.39 is 11.6 Å². The molecule has 10 rings (SSSR count). The van der Waals surface area contributed by atoms with Gasteiger partial charge in [-0.1, -0.05) is 30.4 Å². The van der Waals surface area contributed by atoms with Crippen LogP contribution in [0.15, 0.2) is 73.1 Å². The summed E-state index contributed by atoms with van der Waals surface area (Å²) >= 11 is 5.65. The number of carbonyl (C=O) groups is 2. The molecule has 8 atom stereocenters. The van der Waals surface area contributed by atoms with Crippen LogP contribution < -0.4 is 38.1 Å². The van der Waals surface area contributed by atoms with E-state index in [1.165, 1.54) is 42.7 Å². The molecule has 4 heterocycles. The number of nitrogens with two attached hydrogens (primary N) is 3. The minimum atomic E-state index is -0.598. The number of piperidine rings is 1. The summed E-state index contributed by atoms with van der Waals surface area (Å²) in [5.74, 6) is -0.957. The first-order valence-electron chi connectivity index (χ1n) is 23.2. The first-order valence-corrected chi connectivity index (χ1v) is 23.5. The Morgan fingerprint density at radius 3 is 1.82 bits per heavy atom. The van der Waals surface area contributed by atoms with Crippen molar-refractivity contribution in [2.75, 3.05) is 79.9 Å². The lowest BCUT2D eigenvalue weighted by molar-refractivity contribution is -0.123. The van der Waals surface area contributed by atoms with E-state index in [2.05, 4.69) is 109 Å². The molecule has 356 valence electrons. The van der Waals surface area contributed by atoms with Crippen molar-refractivity contribution in [3.05, 3.63) is 107 Å². The number of piperazine rings is 1. The van der Waals surface area contributed by atoms with Gasteiger partial charge in [0.25, 0.3) is 0 Å². The van der Waals surface area contributed by atoms with E-state index in [0.717, 1.165) is 74.3 Å². The lowest BCUT2D eigenvalue weighted by atomic mass is 9.87. The summed E-state index contributed by atoms with van der Waals surface area (Å²) in [5, 5.41) is 9.22. The molecular formula is C49H62ClF2N13O2. The highest BCUT2D eigenvalue weighted by Gasteiger charge is 2.49. The van der Waals surface area contributed by atoms with Crippen molar-refractivity contribution in [1.82, 2.24) is 29.7 Å². The third-order valence-electron chi connectivity index (χ3n) is 14.4. The smallest absolute Gasteiger partial charge is 0.229 e. The van der Waals surface area contributed by atoms with E-state index in [1.807, 2.05) is 30.4 Å². The second-order valence-corrected chi connectivity index (χ2v) is 19.3. The Balaban J connectivity index is 0.000000151. The number of aromatic nitrogens is 4. The molecule has 9 N–H and O–H groups in total. The maximum Gasteiger partial charge on any atom is 0.229 e. The van der Waals surface area contributed by atoms with Gasteiger partial charge in [0, 0.05) is 55.3 Å². The molecule has 4 aromatic rings. The molecule has 4 fully saturated rings. The number of rotatable bonds is 10. The van der Waals surface area contributed by atoms with Crippen LogP contribution in [0.5, 0.6) is 0 Å². The topological polar surface area (TPSA) is 210 Å². The number of anilines is 6. The third kappa shape index (κ3) is 10.9. The third-order valence-corrected chi connectivity index (χ3v) is 14.6. The molecule has 15 nitrogen and oxygen atoms in total. The first kappa shape index (κ1) is 47.6. The lowest BCUT2D eigenvalue weighted by Crippen LogP contribution is -2.44. The summed E-state index contributed by atoms with van der Waals surface area (Å²) < 4.78 is 28.1. The molecule has 4 bridgehead atoms. The van der Waals surface area contributed by atoms with Crippen LogP contribution in [0.4, 0.5) is 43.4 Å². The standard InChI is InChI=1S/C24H30FN7O.C13H20N2.C12H12ClFN4O/c1-14-11-17(5-6-19(14)32-9-7-31(2)8-10-32)28-24-27-13-18(25)23(30-24)29-21-16-4-3-15(12-16)20(21)22(26)33;1-10-9-12(14)3-4-13(10)11-5-7-15(2)8-6-11;13-12-16-4-7(14)11(18-12)17-9-6-2-1-5(3-6)8(9)10(15)19/h3-6,11,13,15-16,20-21H,7-10,12H2,1-2H3,(H2,26,33)(H2,27,28,29,30);3-4,9,11H,5-8,14H2,1-2H3;1-2,4-6,8-9H,3H2,(H2,15,19)(H,16,17,18)/t15-,16+,20+,21?;;5-,6+,8+,9?/m1.1/s1. The van der Waals surface area contributed by atoms with Crippen molar-refractivity contribution in [2.24, 2.45) is 47.0 Å². The van der Waals surface area contributed by atoms with E-state index in [9.17, 15) is 18.4 Å². The van der Waals surface area contributed by atoms with Gasteiger partial charge in [-0.25, -0.2) is 18.7 Å². The molecule has 2 aromatic heterocycles. The van der Waals surface area contributed by atoms with Crippen molar-refractivity contribution in [3.63, 3.8) is 0 Å². The normalized spacial score (nSPS) is 26.4. The van der Waals surface area contributed by atoms with Crippen molar-refractivity contribution in [2.45, 2.75) is 57.5 Å². The Bertz CT molecular complexity index is 2490. The number of amides is 2. The highest BCUT2D eigenvalue weighted by molar-refractivity contribution is 6.28. The zero-order chi connectivity index (χ0) is 47.5. The van der Waals surface area contributed by atoms with Crippen LogP contribution in [0.25, 0.3) is 0 Å². The largest absolute Gasteiger partial charge is 0.399 e. The van der Waals surface area contributed by atoms with Crippen LogP contribution in [0, 0.1) is 61.0 Å². The molecule has 67 heavy (non-hydrogen) atoms. The molecule has 2 aromatic carbocycles. The number of benzene rings is 2. The predicted molar refractivity (Wildman–Crippen MR) is 260 cm³/mol. The van der Waals surface area contributed by atoms with Crippen molar-refractivity contribution >= 4 is 58.1 Å². The zero-order valence-corrected chi connectivity index (χ0v) is 39.3. The van der Waals surface area contributed by atoms with Crippen LogP contribution in [0.1, 0.15) is 48.3 Å². The average molecular weight is 939 g/mol. The Morgan fingerprint density at radius 1 is 0.701 bits per heavy atom. The molecule has 2 saturated carbocycles. The molecular weight excluding hydrogens is 876 g/mol. The van der Waals surface area contributed by atoms with Crippen LogP contribution in [0.3, 0.4) is 0 Å². The van der Waals surface area contributed by atoms with Gasteiger partial charge in [-0.05, 0) is 155 Å². The number of aryl methyl sites for hydroxylation is 2. The summed E-state index contributed by atoms with van der Waals surface area (Å²) in [6, 6.07) is 12.0. The summed E-state index contributed by atoms with van der Waals surface area (Å²) in [4.78, 5) is 46.5. The predicted octanol–water partition coefficient (Wildman–Crippen LogP) is 6.25. The zero-order valence-electron chi connectivity index (χ0n) is 38.5. The summed E-state index contributed by atoms with van der Waals surface area (Å²) in [6.07, 6.45) is 14.5. The molecule has 18 heteroatoms. The number of nitrogens with zero attached hydrogens (tertiary/aromatic N) is 7. The van der Waals surface area contributed by atoms with Gasteiger partial charge in [0.1, 0.15) is 0 Å². The molecule has 4 aliphatic carbocycles.